The first-order valence-corrected chi connectivity index (χ1v) is 5.39. The molecule has 0 aliphatic heterocycles. The Labute approximate surface area is 97.7 Å². The normalized spacial score (nSPS) is 10.8. The molecule has 0 atom stereocenters. The summed E-state index contributed by atoms with van der Waals surface area (Å²) < 4.78 is 26.2. The molecule has 5 heteroatoms. The van der Waals surface area contributed by atoms with Gasteiger partial charge in [0.15, 0.2) is 0 Å². The number of rotatable bonds is 4. The average molecular weight is 237 g/mol. The third kappa shape index (κ3) is 2.68. The number of nitrogens with two attached hydrogens (primary N) is 1. The maximum Gasteiger partial charge on any atom is 0.126 e. The third-order valence-electron chi connectivity index (χ3n) is 2.52. The number of benzene rings is 1. The van der Waals surface area contributed by atoms with E-state index in [9.17, 15) is 8.78 Å². The van der Waals surface area contributed by atoms with Crippen molar-refractivity contribution in [3.63, 3.8) is 0 Å². The second kappa shape index (κ2) is 5.05. The first kappa shape index (κ1) is 11.7. The van der Waals surface area contributed by atoms with E-state index in [1.807, 2.05) is 0 Å². The minimum atomic E-state index is -0.598. The van der Waals surface area contributed by atoms with E-state index < -0.39 is 11.6 Å². The Morgan fingerprint density at radius 2 is 1.88 bits per heavy atom. The highest BCUT2D eigenvalue weighted by Crippen LogP contribution is 2.23. The van der Waals surface area contributed by atoms with E-state index in [1.54, 1.807) is 6.20 Å². The molecule has 17 heavy (non-hydrogen) atoms. The van der Waals surface area contributed by atoms with Crippen LogP contribution in [0.25, 0.3) is 11.3 Å². The van der Waals surface area contributed by atoms with Gasteiger partial charge in [-0.15, -0.1) is 0 Å². The summed E-state index contributed by atoms with van der Waals surface area (Å²) in [6, 6.07) is 3.41. The minimum absolute atomic E-state index is 0.465. The smallest absolute Gasteiger partial charge is 0.126 e. The van der Waals surface area contributed by atoms with Crippen molar-refractivity contribution < 1.29 is 8.78 Å². The van der Waals surface area contributed by atoms with Crippen LogP contribution in [0.1, 0.15) is 12.0 Å². The lowest BCUT2D eigenvalue weighted by atomic mass is 10.0. The molecule has 90 valence electrons. The number of aromatic amines is 1. The summed E-state index contributed by atoms with van der Waals surface area (Å²) >= 11 is 0. The fourth-order valence-electron chi connectivity index (χ4n) is 1.74. The van der Waals surface area contributed by atoms with Crippen LogP contribution in [0.4, 0.5) is 8.78 Å². The zero-order valence-corrected chi connectivity index (χ0v) is 9.21. The van der Waals surface area contributed by atoms with Gasteiger partial charge in [0, 0.05) is 11.6 Å². The van der Waals surface area contributed by atoms with Crippen LogP contribution in [0.2, 0.25) is 0 Å². The van der Waals surface area contributed by atoms with Crippen LogP contribution in [0, 0.1) is 11.6 Å². The van der Waals surface area contributed by atoms with Gasteiger partial charge in [-0.05, 0) is 37.1 Å². The van der Waals surface area contributed by atoms with Crippen molar-refractivity contribution in [1.29, 1.82) is 0 Å². The van der Waals surface area contributed by atoms with Crippen molar-refractivity contribution in [2.24, 2.45) is 5.73 Å². The van der Waals surface area contributed by atoms with Crippen molar-refractivity contribution in [3.05, 3.63) is 41.6 Å². The quantitative estimate of drug-likeness (QED) is 0.856. The predicted molar refractivity (Wildman–Crippen MR) is 61.3 cm³/mol. The zero-order chi connectivity index (χ0) is 12.3. The highest BCUT2D eigenvalue weighted by molar-refractivity contribution is 5.62. The lowest BCUT2D eigenvalue weighted by Crippen LogP contribution is -2.00. The van der Waals surface area contributed by atoms with Crippen molar-refractivity contribution in [3.8, 4) is 11.3 Å². The molecule has 0 spiro atoms. The number of halogens is 2. The molecule has 1 aromatic heterocycles. The van der Waals surface area contributed by atoms with Crippen LogP contribution in [0.5, 0.6) is 0 Å². The number of nitrogens with zero attached hydrogens (tertiary/aromatic N) is 1. The summed E-state index contributed by atoms with van der Waals surface area (Å²) in [5, 5.41) is 6.66. The van der Waals surface area contributed by atoms with Crippen molar-refractivity contribution in [2.45, 2.75) is 12.8 Å². The summed E-state index contributed by atoms with van der Waals surface area (Å²) in [6.45, 7) is 0.572. The number of aryl methyl sites for hydroxylation is 1. The topological polar surface area (TPSA) is 54.7 Å². The molecule has 0 unspecified atom stereocenters. The first-order valence-electron chi connectivity index (χ1n) is 5.39. The van der Waals surface area contributed by atoms with Crippen LogP contribution in [-0.2, 0) is 6.42 Å². The molecule has 0 amide bonds. The molecule has 0 saturated carbocycles. The molecule has 0 bridgehead atoms. The largest absolute Gasteiger partial charge is 0.330 e. The molecule has 1 aromatic carbocycles. The van der Waals surface area contributed by atoms with Gasteiger partial charge >= 0.3 is 0 Å². The summed E-state index contributed by atoms with van der Waals surface area (Å²) in [4.78, 5) is 0. The Hall–Kier alpha value is -1.75. The van der Waals surface area contributed by atoms with Crippen LogP contribution in [0.3, 0.4) is 0 Å². The molecule has 0 fully saturated rings. The molecule has 0 aliphatic rings. The molecule has 3 nitrogen and oxygen atoms in total. The lowest BCUT2D eigenvalue weighted by Gasteiger charge is -2.03. The molecule has 0 saturated heterocycles. The van der Waals surface area contributed by atoms with Crippen LogP contribution >= 0.6 is 0 Å². The van der Waals surface area contributed by atoms with Gasteiger partial charge < -0.3 is 5.73 Å². The molecule has 2 aromatic rings. The van der Waals surface area contributed by atoms with Crippen molar-refractivity contribution in [1.82, 2.24) is 10.2 Å². The standard InChI is InChI=1S/C12H13F2N3/c13-10-4-9(5-11(14)6-10)12-8(2-1-3-15)7-16-17-12/h4-7H,1-3,15H2,(H,16,17). The number of hydrogen-bond donors (Lipinski definition) is 2. The molecule has 2 rings (SSSR count). The van der Waals surface area contributed by atoms with Gasteiger partial charge in [0.2, 0.25) is 0 Å². The number of aromatic nitrogens is 2. The second-order valence-corrected chi connectivity index (χ2v) is 3.82. The van der Waals surface area contributed by atoms with E-state index >= 15 is 0 Å². The number of hydrogen-bond acceptors (Lipinski definition) is 2. The highest BCUT2D eigenvalue weighted by atomic mass is 19.1. The Bertz CT molecular complexity index is 488. The Morgan fingerprint density at radius 3 is 2.53 bits per heavy atom. The fourth-order valence-corrected chi connectivity index (χ4v) is 1.74. The molecule has 0 radical (unpaired) electrons. The maximum absolute atomic E-state index is 13.1. The van der Waals surface area contributed by atoms with E-state index in [-0.39, 0.29) is 0 Å². The van der Waals surface area contributed by atoms with E-state index in [0.29, 0.717) is 17.8 Å². The Balaban J connectivity index is 2.35. The van der Waals surface area contributed by atoms with Gasteiger partial charge in [0.05, 0.1) is 11.9 Å². The van der Waals surface area contributed by atoms with Gasteiger partial charge in [-0.25, -0.2) is 8.78 Å². The Kier molecular flexibility index (Phi) is 3.49. The van der Waals surface area contributed by atoms with Crippen molar-refractivity contribution in [2.75, 3.05) is 6.54 Å². The summed E-state index contributed by atoms with van der Waals surface area (Å²) in [5.74, 6) is -1.20. The summed E-state index contributed by atoms with van der Waals surface area (Å²) in [6.07, 6.45) is 3.21. The lowest BCUT2D eigenvalue weighted by molar-refractivity contribution is 0.584. The third-order valence-corrected chi connectivity index (χ3v) is 2.52. The fraction of sp³-hybridized carbons (Fsp3) is 0.250. The molecular formula is C12H13F2N3. The minimum Gasteiger partial charge on any atom is -0.330 e. The number of H-pyrrole nitrogens is 1. The molecular weight excluding hydrogens is 224 g/mol. The van der Waals surface area contributed by atoms with Gasteiger partial charge in [0.1, 0.15) is 11.6 Å². The van der Waals surface area contributed by atoms with Crippen LogP contribution in [0.15, 0.2) is 24.4 Å². The van der Waals surface area contributed by atoms with Crippen molar-refractivity contribution >= 4 is 0 Å². The zero-order valence-electron chi connectivity index (χ0n) is 9.21. The summed E-state index contributed by atoms with van der Waals surface area (Å²) in [5.41, 5.74) is 7.46. The predicted octanol–water partition coefficient (Wildman–Crippen LogP) is 2.25. The molecule has 3 N–H and O–H groups in total. The van der Waals surface area contributed by atoms with E-state index in [4.69, 9.17) is 5.73 Å². The van der Waals surface area contributed by atoms with Crippen LogP contribution in [-0.4, -0.2) is 16.7 Å². The second-order valence-electron chi connectivity index (χ2n) is 3.82. The van der Waals surface area contributed by atoms with Gasteiger partial charge in [0.25, 0.3) is 0 Å². The van der Waals surface area contributed by atoms with Gasteiger partial charge in [-0.3, -0.25) is 5.10 Å². The van der Waals surface area contributed by atoms with E-state index in [2.05, 4.69) is 10.2 Å². The summed E-state index contributed by atoms with van der Waals surface area (Å²) in [7, 11) is 0. The Morgan fingerprint density at radius 1 is 1.18 bits per heavy atom. The van der Waals surface area contributed by atoms with E-state index in [0.717, 1.165) is 24.5 Å². The van der Waals surface area contributed by atoms with Crippen LogP contribution < -0.4 is 5.73 Å². The molecule has 1 heterocycles. The average Bonchev–Trinajstić information content (AvgIpc) is 2.73. The maximum atomic E-state index is 13.1. The van der Waals surface area contributed by atoms with E-state index in [1.165, 1.54) is 12.1 Å². The van der Waals surface area contributed by atoms with Gasteiger partial charge in [-0.1, -0.05) is 0 Å². The molecule has 0 aliphatic carbocycles. The first-order chi connectivity index (χ1) is 8.20. The van der Waals surface area contributed by atoms with Gasteiger partial charge in [-0.2, -0.15) is 5.10 Å². The monoisotopic (exact) mass is 237 g/mol. The highest BCUT2D eigenvalue weighted by Gasteiger charge is 2.09. The SMILES string of the molecule is NCCCc1cn[nH]c1-c1cc(F)cc(F)c1. The number of nitrogens with one attached hydrogen (secondary N) is 1.